The number of carbonyl (C=O) groups excluding carboxylic acids is 2. The Morgan fingerprint density at radius 3 is 2.48 bits per heavy atom. The Labute approximate surface area is 194 Å². The van der Waals surface area contributed by atoms with Gasteiger partial charge in [-0.05, 0) is 43.9 Å². The summed E-state index contributed by atoms with van der Waals surface area (Å²) in [7, 11) is 0. The molecule has 6 heteroatoms. The Morgan fingerprint density at radius 1 is 1.09 bits per heavy atom. The van der Waals surface area contributed by atoms with E-state index in [1.54, 1.807) is 17.2 Å². The predicted octanol–water partition coefficient (Wildman–Crippen LogP) is 5.44. The van der Waals surface area contributed by atoms with Crippen LogP contribution in [-0.4, -0.2) is 28.0 Å². The molecule has 0 spiro atoms. The van der Waals surface area contributed by atoms with E-state index in [0.717, 1.165) is 43.3 Å². The summed E-state index contributed by atoms with van der Waals surface area (Å²) in [4.78, 5) is 29.4. The van der Waals surface area contributed by atoms with E-state index in [2.05, 4.69) is 12.2 Å². The van der Waals surface area contributed by atoms with Crippen LogP contribution in [0.5, 0.6) is 0 Å². The second-order valence-corrected chi connectivity index (χ2v) is 9.74. The lowest BCUT2D eigenvalue weighted by atomic mass is 9.91. The van der Waals surface area contributed by atoms with Crippen LogP contribution >= 0.6 is 0 Å². The molecular formula is C27H33N3O3. The van der Waals surface area contributed by atoms with Crippen molar-refractivity contribution in [2.45, 2.75) is 83.3 Å². The Balaban J connectivity index is 1.54. The Kier molecular flexibility index (Phi) is 5.77. The molecule has 0 bridgehead atoms. The topological polar surface area (TPSA) is 67.5 Å². The normalized spacial score (nSPS) is 22.1. The number of fused-ring (bicyclic) bond motifs is 3. The minimum atomic E-state index is -1.05. The number of aromatic nitrogens is 1. The monoisotopic (exact) mass is 447 g/mol. The van der Waals surface area contributed by atoms with Crippen molar-refractivity contribution in [3.8, 4) is 0 Å². The highest BCUT2D eigenvalue weighted by molar-refractivity contribution is 6.13. The van der Waals surface area contributed by atoms with E-state index in [1.165, 1.54) is 24.8 Å². The van der Waals surface area contributed by atoms with Crippen molar-refractivity contribution in [2.75, 3.05) is 4.90 Å². The lowest BCUT2D eigenvalue weighted by Gasteiger charge is -2.44. The average Bonchev–Trinajstić information content (AvgIpc) is 3.38. The van der Waals surface area contributed by atoms with Gasteiger partial charge in [0.15, 0.2) is 5.58 Å². The fourth-order valence-corrected chi connectivity index (χ4v) is 5.44. The number of aryl methyl sites for hydroxylation is 1. The number of carbonyl (C=O) groups is 2. The van der Waals surface area contributed by atoms with Gasteiger partial charge in [-0.15, -0.1) is 0 Å². The lowest BCUT2D eigenvalue weighted by molar-refractivity contribution is -0.127. The quantitative estimate of drug-likeness (QED) is 0.579. The van der Waals surface area contributed by atoms with Crippen LogP contribution in [0.1, 0.15) is 74.8 Å². The van der Waals surface area contributed by atoms with E-state index < -0.39 is 5.54 Å². The van der Waals surface area contributed by atoms with Gasteiger partial charge in [-0.1, -0.05) is 51.2 Å². The van der Waals surface area contributed by atoms with Crippen molar-refractivity contribution in [3.63, 3.8) is 0 Å². The van der Waals surface area contributed by atoms with Crippen LogP contribution in [0.4, 0.5) is 5.69 Å². The number of rotatable bonds is 4. The number of furan rings is 1. The Hall–Kier alpha value is -3.02. The van der Waals surface area contributed by atoms with Crippen molar-refractivity contribution in [1.29, 1.82) is 0 Å². The molecule has 33 heavy (non-hydrogen) atoms. The molecule has 5 rings (SSSR count). The van der Waals surface area contributed by atoms with Crippen LogP contribution in [0, 0.1) is 0 Å². The fraction of sp³-hybridized carbons (Fsp3) is 0.481. The zero-order valence-electron chi connectivity index (χ0n) is 19.6. The molecule has 3 heterocycles. The number of hydrogen-bond donors (Lipinski definition) is 1. The van der Waals surface area contributed by atoms with E-state index in [1.807, 2.05) is 41.8 Å². The van der Waals surface area contributed by atoms with E-state index in [0.29, 0.717) is 17.8 Å². The zero-order chi connectivity index (χ0) is 23.0. The first kappa shape index (κ1) is 21.8. The van der Waals surface area contributed by atoms with Gasteiger partial charge in [0.05, 0.1) is 18.3 Å². The summed E-state index contributed by atoms with van der Waals surface area (Å²) in [5, 5.41) is 3.34. The first-order chi connectivity index (χ1) is 16.0. The summed E-state index contributed by atoms with van der Waals surface area (Å²) < 4.78 is 7.51. The van der Waals surface area contributed by atoms with Crippen molar-refractivity contribution >= 4 is 28.6 Å². The summed E-state index contributed by atoms with van der Waals surface area (Å²) in [6.45, 7) is 4.38. The molecule has 174 valence electrons. The highest BCUT2D eigenvalue weighted by Crippen LogP contribution is 2.36. The highest BCUT2D eigenvalue weighted by atomic mass is 16.3. The van der Waals surface area contributed by atoms with Gasteiger partial charge < -0.3 is 14.3 Å². The molecule has 0 radical (unpaired) electrons. The van der Waals surface area contributed by atoms with Gasteiger partial charge in [0.25, 0.3) is 5.91 Å². The molecule has 1 aliphatic carbocycles. The first-order valence-electron chi connectivity index (χ1n) is 12.3. The third-order valence-corrected chi connectivity index (χ3v) is 7.44. The number of anilines is 1. The van der Waals surface area contributed by atoms with Crippen molar-refractivity contribution in [1.82, 2.24) is 9.88 Å². The Bertz CT molecular complexity index is 1150. The molecule has 2 aliphatic rings. The molecule has 2 aromatic heterocycles. The van der Waals surface area contributed by atoms with Crippen LogP contribution in [0.15, 0.2) is 47.1 Å². The van der Waals surface area contributed by atoms with E-state index in [-0.39, 0.29) is 17.9 Å². The molecule has 1 N–H and O–H groups in total. The molecule has 1 aliphatic heterocycles. The van der Waals surface area contributed by atoms with Crippen molar-refractivity contribution in [2.24, 2.45) is 0 Å². The number of hydrogen-bond acceptors (Lipinski definition) is 3. The molecule has 2 amide bonds. The highest BCUT2D eigenvalue weighted by Gasteiger charge is 2.49. The maximum Gasteiger partial charge on any atom is 0.276 e. The summed E-state index contributed by atoms with van der Waals surface area (Å²) >= 11 is 0. The third-order valence-electron chi connectivity index (χ3n) is 7.44. The smallest absolute Gasteiger partial charge is 0.276 e. The minimum absolute atomic E-state index is 0.0861. The summed E-state index contributed by atoms with van der Waals surface area (Å²) in [5.41, 5.74) is 2.97. The molecule has 3 aromatic rings. The standard InChI is InChI=1S/C27H33N3O3/c1-3-19-11-13-21(14-12-19)30-25(31)23-17-24-22(15-16-33-24)29(23)18-27(30,2)26(32)28-20-9-7-5-4-6-8-10-20/h11-17,20H,3-10,18H2,1-2H3,(H,28,32). The van der Waals surface area contributed by atoms with Gasteiger partial charge >= 0.3 is 0 Å². The number of benzene rings is 1. The maximum atomic E-state index is 13.9. The minimum Gasteiger partial charge on any atom is -0.463 e. The van der Waals surface area contributed by atoms with Crippen LogP contribution in [0.25, 0.3) is 11.1 Å². The molecule has 0 saturated heterocycles. The lowest BCUT2D eigenvalue weighted by Crippen LogP contribution is -2.65. The van der Waals surface area contributed by atoms with Crippen LogP contribution < -0.4 is 10.2 Å². The molecule has 1 unspecified atom stereocenters. The average molecular weight is 448 g/mol. The third kappa shape index (κ3) is 3.85. The van der Waals surface area contributed by atoms with Crippen molar-refractivity contribution in [3.05, 3.63) is 53.9 Å². The van der Waals surface area contributed by atoms with Gasteiger partial charge in [0.1, 0.15) is 11.2 Å². The molecule has 6 nitrogen and oxygen atoms in total. The summed E-state index contributed by atoms with van der Waals surface area (Å²) in [5.74, 6) is -0.260. The second kappa shape index (κ2) is 8.73. The van der Waals surface area contributed by atoms with Gasteiger partial charge in [0.2, 0.25) is 5.91 Å². The van der Waals surface area contributed by atoms with Gasteiger partial charge in [0, 0.05) is 23.9 Å². The number of nitrogens with one attached hydrogen (secondary N) is 1. The van der Waals surface area contributed by atoms with Gasteiger partial charge in [-0.25, -0.2) is 0 Å². The van der Waals surface area contributed by atoms with Crippen LogP contribution in [0.2, 0.25) is 0 Å². The molecular weight excluding hydrogens is 414 g/mol. The predicted molar refractivity (Wildman–Crippen MR) is 129 cm³/mol. The van der Waals surface area contributed by atoms with Gasteiger partial charge in [-0.2, -0.15) is 0 Å². The van der Waals surface area contributed by atoms with Crippen LogP contribution in [-0.2, 0) is 17.8 Å². The SMILES string of the molecule is CCc1ccc(N2C(=O)c3cc4occc4n3CC2(C)C(=O)NC2CCCCCCC2)cc1. The van der Waals surface area contributed by atoms with E-state index in [9.17, 15) is 9.59 Å². The van der Waals surface area contributed by atoms with Gasteiger partial charge in [-0.3, -0.25) is 14.5 Å². The summed E-state index contributed by atoms with van der Waals surface area (Å²) in [6.07, 6.45) is 10.6. The number of amides is 2. The maximum absolute atomic E-state index is 13.9. The Morgan fingerprint density at radius 2 is 1.79 bits per heavy atom. The summed E-state index contributed by atoms with van der Waals surface area (Å²) in [6, 6.07) is 11.8. The second-order valence-electron chi connectivity index (χ2n) is 9.74. The van der Waals surface area contributed by atoms with Crippen LogP contribution in [0.3, 0.4) is 0 Å². The fourth-order valence-electron chi connectivity index (χ4n) is 5.44. The van der Waals surface area contributed by atoms with E-state index in [4.69, 9.17) is 4.42 Å². The molecule has 1 aromatic carbocycles. The molecule has 1 fully saturated rings. The molecule has 1 atom stereocenters. The molecule has 1 saturated carbocycles. The largest absolute Gasteiger partial charge is 0.463 e. The van der Waals surface area contributed by atoms with E-state index >= 15 is 0 Å². The zero-order valence-corrected chi connectivity index (χ0v) is 19.6. The number of nitrogens with zero attached hydrogens (tertiary/aromatic N) is 2. The first-order valence-corrected chi connectivity index (χ1v) is 12.3. The van der Waals surface area contributed by atoms with Crippen molar-refractivity contribution < 1.29 is 14.0 Å².